The van der Waals surface area contributed by atoms with Crippen molar-refractivity contribution in [2.24, 2.45) is 0 Å². The number of fused-ring (bicyclic) bond motifs is 1. The van der Waals surface area contributed by atoms with E-state index in [4.69, 9.17) is 21.8 Å². The molecule has 0 spiro atoms. The zero-order chi connectivity index (χ0) is 25.9. The number of amides is 1. The van der Waals surface area contributed by atoms with E-state index in [0.717, 1.165) is 22.1 Å². The van der Waals surface area contributed by atoms with Gasteiger partial charge < -0.3 is 15.1 Å². The first-order valence-electron chi connectivity index (χ1n) is 12.0. The zero-order valence-electron chi connectivity index (χ0n) is 20.0. The monoisotopic (exact) mass is 517 g/mol. The number of furan rings is 1. The van der Waals surface area contributed by atoms with Gasteiger partial charge in [-0.2, -0.15) is 0 Å². The Morgan fingerprint density at radius 2 is 1.95 bits per heavy atom. The Labute approximate surface area is 218 Å². The van der Waals surface area contributed by atoms with Gasteiger partial charge >= 0.3 is 0 Å². The minimum atomic E-state index is -0.946. The van der Waals surface area contributed by atoms with Crippen LogP contribution in [0.4, 0.5) is 10.2 Å². The number of alkyl halides is 1. The summed E-state index contributed by atoms with van der Waals surface area (Å²) in [6.07, 6.45) is 5.01. The number of carbonyl (C=O) groups is 2. The zero-order valence-corrected chi connectivity index (χ0v) is 20.7. The summed E-state index contributed by atoms with van der Waals surface area (Å²) in [4.78, 5) is 30.5. The van der Waals surface area contributed by atoms with Crippen molar-refractivity contribution in [1.29, 1.82) is 0 Å². The Kier molecular flexibility index (Phi) is 7.06. The van der Waals surface area contributed by atoms with Gasteiger partial charge in [0.05, 0.1) is 11.6 Å². The van der Waals surface area contributed by atoms with Gasteiger partial charge in [0, 0.05) is 36.5 Å². The van der Waals surface area contributed by atoms with E-state index < -0.39 is 6.17 Å². The summed E-state index contributed by atoms with van der Waals surface area (Å²) in [7, 11) is 0. The number of hydrogen-bond donors (Lipinski definition) is 1. The maximum absolute atomic E-state index is 13.5. The number of nitrogens with two attached hydrogens (primary N) is 1. The third-order valence-electron chi connectivity index (χ3n) is 6.39. The molecule has 188 valence electrons. The van der Waals surface area contributed by atoms with E-state index in [-0.39, 0.29) is 18.2 Å². The quantitative estimate of drug-likeness (QED) is 0.298. The number of ketones is 1. The average Bonchev–Trinajstić information content (AvgIpc) is 3.53. The minimum absolute atomic E-state index is 0.0327. The van der Waals surface area contributed by atoms with Crippen molar-refractivity contribution in [3.8, 4) is 11.1 Å². The van der Waals surface area contributed by atoms with E-state index in [0.29, 0.717) is 53.6 Å². The van der Waals surface area contributed by atoms with Gasteiger partial charge in [-0.1, -0.05) is 23.7 Å². The molecule has 3 heterocycles. The predicted octanol–water partition coefficient (Wildman–Crippen LogP) is 6.13. The van der Waals surface area contributed by atoms with Crippen LogP contribution in [0.3, 0.4) is 0 Å². The summed E-state index contributed by atoms with van der Waals surface area (Å²) in [5.74, 6) is 0.906. The van der Waals surface area contributed by atoms with E-state index in [1.807, 2.05) is 30.3 Å². The van der Waals surface area contributed by atoms with Crippen molar-refractivity contribution in [1.82, 2.24) is 9.88 Å². The Bertz CT molecular complexity index is 1480. The van der Waals surface area contributed by atoms with E-state index in [9.17, 15) is 14.0 Å². The van der Waals surface area contributed by atoms with Crippen LogP contribution in [0.25, 0.3) is 28.2 Å². The third kappa shape index (κ3) is 5.73. The smallest absolute Gasteiger partial charge is 0.253 e. The molecule has 0 saturated carbocycles. The molecule has 8 heteroatoms. The van der Waals surface area contributed by atoms with Crippen LogP contribution in [-0.2, 0) is 11.2 Å². The lowest BCUT2D eigenvalue weighted by atomic mass is 10.0. The SMILES string of the molecule is Nc1ccc(/C=C/C(=O)CCc2cc3cc(-c4ccc(C(=O)N5CC[C@H](F)C5)cc4)cc(Cl)c3o2)cn1. The first-order valence-corrected chi connectivity index (χ1v) is 12.4. The first-order chi connectivity index (χ1) is 17.9. The lowest BCUT2D eigenvalue weighted by Gasteiger charge is -2.15. The van der Waals surface area contributed by atoms with Crippen molar-refractivity contribution in [3.05, 3.63) is 88.8 Å². The highest BCUT2D eigenvalue weighted by atomic mass is 35.5. The number of aryl methyl sites for hydroxylation is 1. The van der Waals surface area contributed by atoms with Crippen LogP contribution < -0.4 is 5.73 Å². The van der Waals surface area contributed by atoms with E-state index >= 15 is 0 Å². The minimum Gasteiger partial charge on any atom is -0.459 e. The van der Waals surface area contributed by atoms with Crippen molar-refractivity contribution < 1.29 is 18.4 Å². The van der Waals surface area contributed by atoms with Crippen LogP contribution >= 0.6 is 11.6 Å². The largest absolute Gasteiger partial charge is 0.459 e. The lowest BCUT2D eigenvalue weighted by molar-refractivity contribution is -0.114. The predicted molar refractivity (Wildman–Crippen MR) is 143 cm³/mol. The molecule has 2 aromatic carbocycles. The Hall–Kier alpha value is -3.97. The molecule has 1 atom stereocenters. The highest BCUT2D eigenvalue weighted by Crippen LogP contribution is 2.33. The number of likely N-dealkylation sites (tertiary alicyclic amines) is 1. The third-order valence-corrected chi connectivity index (χ3v) is 6.67. The molecule has 0 radical (unpaired) electrons. The molecule has 6 nitrogen and oxygen atoms in total. The highest BCUT2D eigenvalue weighted by Gasteiger charge is 2.26. The molecule has 2 N–H and O–H groups in total. The Morgan fingerprint density at radius 1 is 1.14 bits per heavy atom. The second-order valence-corrected chi connectivity index (χ2v) is 9.53. The number of benzene rings is 2. The number of halogens is 2. The van der Waals surface area contributed by atoms with E-state index in [2.05, 4.69) is 4.98 Å². The number of nitrogens with zero attached hydrogens (tertiary/aromatic N) is 2. The van der Waals surface area contributed by atoms with Crippen LogP contribution in [0.2, 0.25) is 5.02 Å². The van der Waals surface area contributed by atoms with Crippen LogP contribution in [0.15, 0.2) is 71.3 Å². The number of rotatable bonds is 7. The number of hydrogen-bond acceptors (Lipinski definition) is 5. The normalized spacial score (nSPS) is 15.6. The fourth-order valence-corrected chi connectivity index (χ4v) is 4.64. The number of carbonyl (C=O) groups excluding carboxylic acids is 2. The number of anilines is 1. The molecule has 1 amide bonds. The molecule has 0 bridgehead atoms. The molecule has 1 aliphatic rings. The second kappa shape index (κ2) is 10.6. The van der Waals surface area contributed by atoms with E-state index in [1.54, 1.807) is 41.4 Å². The van der Waals surface area contributed by atoms with Crippen LogP contribution in [0.1, 0.15) is 34.5 Å². The summed E-state index contributed by atoms with van der Waals surface area (Å²) in [6.45, 7) is 0.594. The molecule has 0 unspecified atom stereocenters. The van der Waals surface area contributed by atoms with E-state index in [1.165, 1.54) is 6.08 Å². The van der Waals surface area contributed by atoms with Gasteiger partial charge in [0.2, 0.25) is 0 Å². The average molecular weight is 518 g/mol. The van der Waals surface area contributed by atoms with Crippen molar-refractivity contribution in [2.75, 3.05) is 18.8 Å². The number of allylic oxidation sites excluding steroid dienone is 1. The van der Waals surface area contributed by atoms with Crippen molar-refractivity contribution in [3.63, 3.8) is 0 Å². The molecule has 1 fully saturated rings. The first kappa shape index (κ1) is 24.7. The van der Waals surface area contributed by atoms with Crippen LogP contribution in [-0.4, -0.2) is 40.8 Å². The molecular weight excluding hydrogens is 493 g/mol. The number of nitrogen functional groups attached to an aromatic ring is 1. The fourth-order valence-electron chi connectivity index (χ4n) is 4.38. The highest BCUT2D eigenvalue weighted by molar-refractivity contribution is 6.35. The van der Waals surface area contributed by atoms with Crippen molar-refractivity contribution in [2.45, 2.75) is 25.4 Å². The molecule has 37 heavy (non-hydrogen) atoms. The van der Waals surface area contributed by atoms with Gasteiger partial charge in [-0.05, 0) is 77.7 Å². The van der Waals surface area contributed by atoms with Gasteiger partial charge in [0.25, 0.3) is 5.91 Å². The van der Waals surface area contributed by atoms with Gasteiger partial charge in [0.1, 0.15) is 17.7 Å². The standard InChI is InChI=1S/C29H25ClFN3O3/c30-26-15-21(19-3-5-20(6-4-19)29(36)34-12-11-23(31)17-34)13-22-14-25(37-28(22)26)9-8-24(35)7-1-18-2-10-27(32)33-16-18/h1-7,10,13-16,23H,8-9,11-12,17H2,(H2,32,33)/b7-1+/t23-/m0/s1. The maximum atomic E-state index is 13.5. The van der Waals surface area contributed by atoms with Crippen molar-refractivity contribution >= 4 is 46.2 Å². The summed E-state index contributed by atoms with van der Waals surface area (Å²) in [6, 6.07) is 16.4. The molecule has 5 rings (SSSR count). The molecule has 1 saturated heterocycles. The Balaban J connectivity index is 1.26. The molecular formula is C29H25ClFN3O3. The summed E-state index contributed by atoms with van der Waals surface area (Å²) < 4.78 is 19.4. The topological polar surface area (TPSA) is 89.4 Å². The fraction of sp³-hybridized carbons (Fsp3) is 0.207. The van der Waals surface area contributed by atoms with Gasteiger partial charge in [-0.3, -0.25) is 9.59 Å². The molecule has 0 aliphatic carbocycles. The van der Waals surface area contributed by atoms with Gasteiger partial charge in [0.15, 0.2) is 11.4 Å². The Morgan fingerprint density at radius 3 is 2.65 bits per heavy atom. The molecule has 2 aromatic heterocycles. The summed E-state index contributed by atoms with van der Waals surface area (Å²) in [5.41, 5.74) is 9.24. The lowest BCUT2D eigenvalue weighted by Crippen LogP contribution is -2.28. The van der Waals surface area contributed by atoms with Gasteiger partial charge in [-0.25, -0.2) is 9.37 Å². The maximum Gasteiger partial charge on any atom is 0.253 e. The number of pyridine rings is 1. The van der Waals surface area contributed by atoms with Crippen LogP contribution in [0, 0.1) is 0 Å². The van der Waals surface area contributed by atoms with Gasteiger partial charge in [-0.15, -0.1) is 0 Å². The number of aromatic nitrogens is 1. The summed E-state index contributed by atoms with van der Waals surface area (Å²) >= 11 is 6.52. The molecule has 4 aromatic rings. The second-order valence-electron chi connectivity index (χ2n) is 9.12. The molecule has 1 aliphatic heterocycles. The van der Waals surface area contributed by atoms with Crippen LogP contribution in [0.5, 0.6) is 0 Å². The summed E-state index contributed by atoms with van der Waals surface area (Å²) in [5, 5.41) is 1.30.